The first-order valence-corrected chi connectivity index (χ1v) is 8.69. The standard InChI is InChI=1S/C17H32N2O/c1-3-17(10-6-7-11-17)14-18-15(2)16(20)19-12-8-4-5-9-13-19/h15,18H,3-14H2,1-2H3. The minimum absolute atomic E-state index is 0.0166. The molecule has 0 spiro atoms. The summed E-state index contributed by atoms with van der Waals surface area (Å²) in [7, 11) is 0. The Morgan fingerprint density at radius 1 is 1.10 bits per heavy atom. The summed E-state index contributed by atoms with van der Waals surface area (Å²) in [4.78, 5) is 14.6. The van der Waals surface area contributed by atoms with Crippen molar-refractivity contribution in [2.24, 2.45) is 5.41 Å². The maximum Gasteiger partial charge on any atom is 0.239 e. The molecule has 0 bridgehead atoms. The molecule has 1 atom stereocenters. The molecule has 0 aromatic heterocycles. The number of amides is 1. The zero-order valence-corrected chi connectivity index (χ0v) is 13.4. The molecule has 0 radical (unpaired) electrons. The number of likely N-dealkylation sites (tertiary alicyclic amines) is 1. The van der Waals surface area contributed by atoms with E-state index in [1.54, 1.807) is 0 Å². The number of nitrogens with one attached hydrogen (secondary N) is 1. The van der Waals surface area contributed by atoms with Crippen LogP contribution in [0, 0.1) is 5.41 Å². The van der Waals surface area contributed by atoms with Crippen molar-refractivity contribution in [2.45, 2.75) is 77.7 Å². The van der Waals surface area contributed by atoms with Gasteiger partial charge in [0.1, 0.15) is 0 Å². The minimum atomic E-state index is -0.0166. The Bertz CT molecular complexity index is 302. The Balaban J connectivity index is 1.81. The molecule has 116 valence electrons. The van der Waals surface area contributed by atoms with Crippen LogP contribution in [0.5, 0.6) is 0 Å². The zero-order chi connectivity index (χ0) is 14.4. The molecule has 3 nitrogen and oxygen atoms in total. The van der Waals surface area contributed by atoms with Crippen LogP contribution in [0.3, 0.4) is 0 Å². The lowest BCUT2D eigenvalue weighted by Gasteiger charge is -2.31. The molecular weight excluding hydrogens is 248 g/mol. The highest BCUT2D eigenvalue weighted by Crippen LogP contribution is 2.40. The third-order valence-electron chi connectivity index (χ3n) is 5.49. The summed E-state index contributed by atoms with van der Waals surface area (Å²) in [6.07, 6.45) is 11.6. The van der Waals surface area contributed by atoms with Crippen molar-refractivity contribution >= 4 is 5.91 Å². The van der Waals surface area contributed by atoms with Crippen molar-refractivity contribution in [2.75, 3.05) is 19.6 Å². The largest absolute Gasteiger partial charge is 0.341 e. The fraction of sp³-hybridized carbons (Fsp3) is 0.941. The summed E-state index contributed by atoms with van der Waals surface area (Å²) in [6, 6.07) is -0.0166. The van der Waals surface area contributed by atoms with Crippen LogP contribution in [0.2, 0.25) is 0 Å². The molecule has 20 heavy (non-hydrogen) atoms. The maximum absolute atomic E-state index is 12.5. The fourth-order valence-corrected chi connectivity index (χ4v) is 3.80. The number of hydrogen-bond donors (Lipinski definition) is 1. The van der Waals surface area contributed by atoms with Crippen LogP contribution in [0.4, 0.5) is 0 Å². The van der Waals surface area contributed by atoms with Gasteiger partial charge in [0.05, 0.1) is 6.04 Å². The van der Waals surface area contributed by atoms with E-state index in [-0.39, 0.29) is 6.04 Å². The molecule has 0 aromatic carbocycles. The molecule has 1 saturated heterocycles. The first-order valence-electron chi connectivity index (χ1n) is 8.69. The smallest absolute Gasteiger partial charge is 0.239 e. The number of carbonyl (C=O) groups excluding carboxylic acids is 1. The third kappa shape index (κ3) is 3.97. The van der Waals surface area contributed by atoms with Gasteiger partial charge in [0.15, 0.2) is 0 Å². The molecule has 1 unspecified atom stereocenters. The lowest BCUT2D eigenvalue weighted by molar-refractivity contribution is -0.133. The predicted molar refractivity (Wildman–Crippen MR) is 83.7 cm³/mol. The Labute approximate surface area is 124 Å². The zero-order valence-electron chi connectivity index (χ0n) is 13.4. The van der Waals surface area contributed by atoms with Gasteiger partial charge in [-0.2, -0.15) is 0 Å². The Morgan fingerprint density at radius 2 is 1.70 bits per heavy atom. The van der Waals surface area contributed by atoms with E-state index < -0.39 is 0 Å². The van der Waals surface area contributed by atoms with Crippen LogP contribution < -0.4 is 5.32 Å². The van der Waals surface area contributed by atoms with E-state index >= 15 is 0 Å². The van der Waals surface area contributed by atoms with Gasteiger partial charge in [-0.05, 0) is 44.4 Å². The van der Waals surface area contributed by atoms with Crippen molar-refractivity contribution in [3.8, 4) is 0 Å². The van der Waals surface area contributed by atoms with Crippen molar-refractivity contribution in [1.29, 1.82) is 0 Å². The summed E-state index contributed by atoms with van der Waals surface area (Å²) < 4.78 is 0. The van der Waals surface area contributed by atoms with Gasteiger partial charge in [0.25, 0.3) is 0 Å². The van der Waals surface area contributed by atoms with E-state index in [1.807, 2.05) is 6.92 Å². The van der Waals surface area contributed by atoms with Gasteiger partial charge in [0, 0.05) is 19.6 Å². The highest BCUT2D eigenvalue weighted by Gasteiger charge is 2.33. The van der Waals surface area contributed by atoms with Gasteiger partial charge in [0.2, 0.25) is 5.91 Å². The quantitative estimate of drug-likeness (QED) is 0.837. The summed E-state index contributed by atoms with van der Waals surface area (Å²) in [5, 5.41) is 3.54. The number of nitrogens with zero attached hydrogens (tertiary/aromatic N) is 1. The summed E-state index contributed by atoms with van der Waals surface area (Å²) in [5.41, 5.74) is 0.466. The van der Waals surface area contributed by atoms with E-state index in [1.165, 1.54) is 57.8 Å². The molecule has 1 heterocycles. The maximum atomic E-state index is 12.5. The van der Waals surface area contributed by atoms with Crippen LogP contribution in [0.15, 0.2) is 0 Å². The summed E-state index contributed by atoms with van der Waals surface area (Å²) in [6.45, 7) is 7.29. The number of carbonyl (C=O) groups is 1. The highest BCUT2D eigenvalue weighted by atomic mass is 16.2. The van der Waals surface area contributed by atoms with Gasteiger partial charge in [-0.1, -0.05) is 32.6 Å². The van der Waals surface area contributed by atoms with Crippen molar-refractivity contribution < 1.29 is 4.79 Å². The SMILES string of the molecule is CCC1(CNC(C)C(=O)N2CCCCCC2)CCCC1. The molecule has 2 aliphatic rings. The van der Waals surface area contributed by atoms with Gasteiger partial charge < -0.3 is 10.2 Å². The van der Waals surface area contributed by atoms with Crippen LogP contribution in [-0.2, 0) is 4.79 Å². The number of hydrogen-bond acceptors (Lipinski definition) is 2. The monoisotopic (exact) mass is 280 g/mol. The van der Waals surface area contributed by atoms with Gasteiger partial charge in [-0.25, -0.2) is 0 Å². The van der Waals surface area contributed by atoms with Crippen molar-refractivity contribution in [3.63, 3.8) is 0 Å². The average molecular weight is 280 g/mol. The first kappa shape index (κ1) is 15.8. The van der Waals surface area contributed by atoms with Gasteiger partial charge in [-0.15, -0.1) is 0 Å². The average Bonchev–Trinajstić information content (AvgIpc) is 2.78. The summed E-state index contributed by atoms with van der Waals surface area (Å²) >= 11 is 0. The van der Waals surface area contributed by atoms with E-state index in [2.05, 4.69) is 17.1 Å². The van der Waals surface area contributed by atoms with Crippen LogP contribution >= 0.6 is 0 Å². The molecule has 0 aromatic rings. The second kappa shape index (κ2) is 7.44. The van der Waals surface area contributed by atoms with Crippen LogP contribution in [0.1, 0.15) is 71.6 Å². The molecule has 2 fully saturated rings. The Morgan fingerprint density at radius 3 is 2.25 bits per heavy atom. The van der Waals surface area contributed by atoms with Crippen LogP contribution in [-0.4, -0.2) is 36.5 Å². The summed E-state index contributed by atoms with van der Waals surface area (Å²) in [5.74, 6) is 0.316. The second-order valence-corrected chi connectivity index (χ2v) is 6.90. The molecular formula is C17H32N2O. The molecule has 1 aliphatic heterocycles. The topological polar surface area (TPSA) is 32.3 Å². The van der Waals surface area contributed by atoms with Crippen molar-refractivity contribution in [1.82, 2.24) is 10.2 Å². The number of rotatable bonds is 5. The van der Waals surface area contributed by atoms with Crippen molar-refractivity contribution in [3.05, 3.63) is 0 Å². The Hall–Kier alpha value is -0.570. The molecule has 1 saturated carbocycles. The minimum Gasteiger partial charge on any atom is -0.341 e. The van der Waals surface area contributed by atoms with E-state index in [9.17, 15) is 4.79 Å². The Kier molecular flexibility index (Phi) is 5.88. The lowest BCUT2D eigenvalue weighted by Crippen LogP contribution is -2.48. The predicted octanol–water partition coefficient (Wildman–Crippen LogP) is 3.34. The molecule has 1 amide bonds. The first-order chi connectivity index (χ1) is 9.67. The normalized spacial score (nSPS) is 24.4. The van der Waals surface area contributed by atoms with Crippen LogP contribution in [0.25, 0.3) is 0 Å². The molecule has 3 heteroatoms. The van der Waals surface area contributed by atoms with Gasteiger partial charge in [-0.3, -0.25) is 4.79 Å². The third-order valence-corrected chi connectivity index (χ3v) is 5.49. The molecule has 1 N–H and O–H groups in total. The van der Waals surface area contributed by atoms with E-state index in [0.717, 1.165) is 19.6 Å². The lowest BCUT2D eigenvalue weighted by atomic mass is 9.83. The van der Waals surface area contributed by atoms with Gasteiger partial charge >= 0.3 is 0 Å². The van der Waals surface area contributed by atoms with E-state index in [4.69, 9.17) is 0 Å². The second-order valence-electron chi connectivity index (χ2n) is 6.90. The molecule has 2 rings (SSSR count). The molecule has 1 aliphatic carbocycles. The fourth-order valence-electron chi connectivity index (χ4n) is 3.80. The highest BCUT2D eigenvalue weighted by molar-refractivity contribution is 5.81. The van der Waals surface area contributed by atoms with E-state index in [0.29, 0.717) is 11.3 Å².